The molecule has 0 bridgehead atoms. The first kappa shape index (κ1) is 17.0. The number of anilines is 1. The average Bonchev–Trinajstić information content (AvgIpc) is 2.83. The van der Waals surface area contributed by atoms with Crippen molar-refractivity contribution >= 4 is 35.0 Å². The van der Waals surface area contributed by atoms with Gasteiger partial charge in [-0.25, -0.2) is 0 Å². The van der Waals surface area contributed by atoms with Gasteiger partial charge in [0.25, 0.3) is 6.47 Å². The zero-order valence-electron chi connectivity index (χ0n) is 12.6. The highest BCUT2D eigenvalue weighted by atomic mass is 32.1. The number of nitrogens with two attached hydrogens (primary N) is 1. The molecule has 4 heteroatoms. The zero-order valence-corrected chi connectivity index (χ0v) is 13.4. The number of thiophene rings is 1. The van der Waals surface area contributed by atoms with Gasteiger partial charge in [0.1, 0.15) is 5.60 Å². The molecule has 1 heterocycles. The molecule has 3 nitrogen and oxygen atoms in total. The molecular weight excluding hydrogens is 282 g/mol. The van der Waals surface area contributed by atoms with Crippen LogP contribution in [0.25, 0.3) is 12.2 Å². The molecule has 0 fully saturated rings. The zero-order chi connectivity index (χ0) is 15.7. The smallest absolute Gasteiger partial charge is 0.293 e. The van der Waals surface area contributed by atoms with E-state index in [0.29, 0.717) is 6.47 Å². The van der Waals surface area contributed by atoms with Gasteiger partial charge < -0.3 is 10.5 Å². The summed E-state index contributed by atoms with van der Waals surface area (Å²) in [6, 6.07) is 14.2. The molecule has 1 aromatic carbocycles. The molecule has 0 aliphatic carbocycles. The fourth-order valence-corrected chi connectivity index (χ4v) is 2.03. The number of benzene rings is 1. The molecule has 0 saturated heterocycles. The lowest BCUT2D eigenvalue weighted by Crippen LogP contribution is -2.17. The average molecular weight is 303 g/mol. The van der Waals surface area contributed by atoms with Crippen LogP contribution in [0.3, 0.4) is 0 Å². The minimum atomic E-state index is -0.318. The molecule has 0 aliphatic heterocycles. The molecule has 2 aromatic rings. The van der Waals surface area contributed by atoms with Gasteiger partial charge in [0.15, 0.2) is 0 Å². The Bertz CT molecular complexity index is 568. The third-order valence-corrected chi connectivity index (χ3v) is 3.17. The summed E-state index contributed by atoms with van der Waals surface area (Å²) >= 11 is 1.60. The first-order valence-electron chi connectivity index (χ1n) is 6.60. The van der Waals surface area contributed by atoms with Crippen molar-refractivity contribution < 1.29 is 9.53 Å². The van der Waals surface area contributed by atoms with Crippen molar-refractivity contribution in [2.75, 3.05) is 5.73 Å². The highest BCUT2D eigenvalue weighted by Crippen LogP contribution is 2.20. The first-order chi connectivity index (χ1) is 9.90. The largest absolute Gasteiger partial charge is 0.462 e. The minimum absolute atomic E-state index is 0.318. The van der Waals surface area contributed by atoms with Gasteiger partial charge in [-0.1, -0.05) is 36.4 Å². The minimum Gasteiger partial charge on any atom is -0.462 e. The van der Waals surface area contributed by atoms with Crippen LogP contribution in [0.1, 0.15) is 31.2 Å². The molecule has 112 valence electrons. The number of ether oxygens (including phenoxy) is 1. The molecule has 0 amide bonds. The second-order valence-corrected chi connectivity index (χ2v) is 6.46. The van der Waals surface area contributed by atoms with Crippen LogP contribution in [0, 0.1) is 0 Å². The lowest BCUT2D eigenvalue weighted by molar-refractivity contribution is -0.138. The maximum atomic E-state index is 9.60. The summed E-state index contributed by atoms with van der Waals surface area (Å²) in [6.07, 6.45) is 4.17. The van der Waals surface area contributed by atoms with E-state index in [-0.39, 0.29) is 5.60 Å². The van der Waals surface area contributed by atoms with Gasteiger partial charge >= 0.3 is 0 Å². The van der Waals surface area contributed by atoms with Crippen LogP contribution < -0.4 is 5.73 Å². The number of hydrogen-bond acceptors (Lipinski definition) is 4. The highest BCUT2D eigenvalue weighted by molar-refractivity contribution is 7.16. The van der Waals surface area contributed by atoms with Crippen LogP contribution in [0.5, 0.6) is 0 Å². The van der Waals surface area contributed by atoms with Gasteiger partial charge in [0.2, 0.25) is 0 Å². The maximum Gasteiger partial charge on any atom is 0.293 e. The summed E-state index contributed by atoms with van der Waals surface area (Å²) in [7, 11) is 0. The highest BCUT2D eigenvalue weighted by Gasteiger charge is 2.07. The summed E-state index contributed by atoms with van der Waals surface area (Å²) in [5.41, 5.74) is 6.52. The summed E-state index contributed by atoms with van der Waals surface area (Å²) in [5, 5.41) is 0.859. The van der Waals surface area contributed by atoms with Crippen LogP contribution in [0.15, 0.2) is 42.5 Å². The van der Waals surface area contributed by atoms with Crippen molar-refractivity contribution in [1.82, 2.24) is 0 Å². The Hall–Kier alpha value is -2.07. The molecule has 0 unspecified atom stereocenters. The normalized spacial score (nSPS) is 10.8. The lowest BCUT2D eigenvalue weighted by Gasteiger charge is -2.14. The van der Waals surface area contributed by atoms with Crippen LogP contribution >= 0.6 is 11.3 Å². The van der Waals surface area contributed by atoms with Gasteiger partial charge in [0, 0.05) is 4.88 Å². The van der Waals surface area contributed by atoms with E-state index in [0.717, 1.165) is 5.00 Å². The maximum absolute atomic E-state index is 9.60. The second-order valence-electron chi connectivity index (χ2n) is 5.31. The van der Waals surface area contributed by atoms with Gasteiger partial charge in [-0.05, 0) is 44.5 Å². The molecular formula is C17H21NO2S. The SMILES string of the molecule is CC(C)(C)OC=O.Nc1ccc(C=Cc2ccccc2)s1. The summed E-state index contributed by atoms with van der Waals surface area (Å²) in [5.74, 6) is 0. The van der Waals surface area contributed by atoms with Crippen molar-refractivity contribution in [3.63, 3.8) is 0 Å². The predicted molar refractivity (Wildman–Crippen MR) is 91.0 cm³/mol. The topological polar surface area (TPSA) is 52.3 Å². The number of carbonyl (C=O) groups excluding carboxylic acids is 1. The Morgan fingerprint density at radius 3 is 2.14 bits per heavy atom. The number of nitrogen functional groups attached to an aromatic ring is 1. The van der Waals surface area contributed by atoms with Crippen LogP contribution in [0.4, 0.5) is 5.00 Å². The van der Waals surface area contributed by atoms with Crippen molar-refractivity contribution in [3.8, 4) is 0 Å². The molecule has 0 atom stereocenters. The van der Waals surface area contributed by atoms with E-state index in [1.54, 1.807) is 11.3 Å². The predicted octanol–water partition coefficient (Wildman–Crippen LogP) is 4.46. The molecule has 2 rings (SSSR count). The third kappa shape index (κ3) is 7.95. The van der Waals surface area contributed by atoms with Crippen LogP contribution in [-0.4, -0.2) is 12.1 Å². The Balaban J connectivity index is 0.000000270. The first-order valence-corrected chi connectivity index (χ1v) is 7.42. The fraction of sp³-hybridized carbons (Fsp3) is 0.235. The Morgan fingerprint density at radius 2 is 1.71 bits per heavy atom. The number of hydrogen-bond donors (Lipinski definition) is 1. The molecule has 2 N–H and O–H groups in total. The van der Waals surface area contributed by atoms with Gasteiger partial charge in [-0.3, -0.25) is 4.79 Å². The van der Waals surface area contributed by atoms with Gasteiger partial charge in [-0.2, -0.15) is 0 Å². The number of carbonyl (C=O) groups is 1. The summed E-state index contributed by atoms with van der Waals surface area (Å²) in [6.45, 7) is 5.92. The van der Waals surface area contributed by atoms with E-state index >= 15 is 0 Å². The van der Waals surface area contributed by atoms with Crippen molar-refractivity contribution in [1.29, 1.82) is 0 Å². The van der Waals surface area contributed by atoms with Gasteiger partial charge in [0.05, 0.1) is 5.00 Å². The van der Waals surface area contributed by atoms with Gasteiger partial charge in [-0.15, -0.1) is 11.3 Å². The van der Waals surface area contributed by atoms with E-state index in [1.807, 2.05) is 51.1 Å². The third-order valence-electron chi connectivity index (χ3n) is 2.29. The van der Waals surface area contributed by atoms with Crippen molar-refractivity contribution in [2.45, 2.75) is 26.4 Å². The van der Waals surface area contributed by atoms with Crippen LogP contribution in [0.2, 0.25) is 0 Å². The van der Waals surface area contributed by atoms with Crippen molar-refractivity contribution in [2.24, 2.45) is 0 Å². The monoisotopic (exact) mass is 303 g/mol. The van der Waals surface area contributed by atoms with E-state index < -0.39 is 0 Å². The summed E-state index contributed by atoms with van der Waals surface area (Å²) < 4.78 is 4.55. The molecule has 0 radical (unpaired) electrons. The summed E-state index contributed by atoms with van der Waals surface area (Å²) in [4.78, 5) is 10.8. The quantitative estimate of drug-likeness (QED) is 0.852. The number of rotatable bonds is 3. The second kappa shape index (κ2) is 8.27. The molecule has 0 saturated carbocycles. The van der Waals surface area contributed by atoms with E-state index in [1.165, 1.54) is 10.4 Å². The van der Waals surface area contributed by atoms with Crippen molar-refractivity contribution in [3.05, 3.63) is 52.9 Å². The molecule has 0 aliphatic rings. The van der Waals surface area contributed by atoms with E-state index in [4.69, 9.17) is 5.73 Å². The van der Waals surface area contributed by atoms with Crippen LogP contribution in [-0.2, 0) is 9.53 Å². The fourth-order valence-electron chi connectivity index (χ4n) is 1.34. The Kier molecular flexibility index (Phi) is 6.69. The molecule has 1 aromatic heterocycles. The molecule has 21 heavy (non-hydrogen) atoms. The van der Waals surface area contributed by atoms with E-state index in [2.05, 4.69) is 29.0 Å². The lowest BCUT2D eigenvalue weighted by atomic mass is 10.2. The standard InChI is InChI=1S/C12H11NS.C5H10O2/c13-12-9-8-11(14-12)7-6-10-4-2-1-3-5-10;1-5(2,3)7-4-6/h1-9H,13H2;4H,1-3H3. The molecule has 0 spiro atoms. The van der Waals surface area contributed by atoms with E-state index in [9.17, 15) is 4.79 Å². The Labute approximate surface area is 130 Å². The Morgan fingerprint density at radius 1 is 1.05 bits per heavy atom.